The van der Waals surface area contributed by atoms with Crippen molar-refractivity contribution < 1.29 is 19.1 Å². The second kappa shape index (κ2) is 8.02. The zero-order valence-corrected chi connectivity index (χ0v) is 16.9. The van der Waals surface area contributed by atoms with Gasteiger partial charge in [-0.1, -0.05) is 36.4 Å². The number of anilines is 1. The highest BCUT2D eigenvalue weighted by atomic mass is 16.5. The van der Waals surface area contributed by atoms with Crippen molar-refractivity contribution in [3.05, 3.63) is 65.6 Å². The van der Waals surface area contributed by atoms with E-state index in [-0.39, 0.29) is 24.1 Å². The Balaban J connectivity index is 1.67. The van der Waals surface area contributed by atoms with Gasteiger partial charge in [0.15, 0.2) is 0 Å². The number of nitrogens with one attached hydrogen (secondary N) is 2. The third-order valence-corrected chi connectivity index (χ3v) is 5.39. The number of carbonyl (C=O) groups excluding carboxylic acids is 3. The first-order chi connectivity index (χ1) is 14.5. The quantitative estimate of drug-likeness (QED) is 0.603. The van der Waals surface area contributed by atoms with Crippen molar-refractivity contribution in [2.24, 2.45) is 0 Å². The van der Waals surface area contributed by atoms with E-state index in [2.05, 4.69) is 10.6 Å². The molecule has 0 radical (unpaired) electrons. The van der Waals surface area contributed by atoms with E-state index in [0.717, 1.165) is 10.8 Å². The predicted molar refractivity (Wildman–Crippen MR) is 113 cm³/mol. The molecule has 0 spiro atoms. The third kappa shape index (κ3) is 3.43. The molecular weight excluding hydrogens is 382 g/mol. The SMILES string of the molecule is CCOC(=O)C1=CNC2=C(C(=O)Nc3cccc4ccccc34)CCC(C)N2C1=O. The first-order valence-electron chi connectivity index (χ1n) is 10.0. The molecule has 2 amide bonds. The monoisotopic (exact) mass is 405 g/mol. The van der Waals surface area contributed by atoms with Gasteiger partial charge >= 0.3 is 5.97 Å². The van der Waals surface area contributed by atoms with Gasteiger partial charge in [-0.15, -0.1) is 0 Å². The van der Waals surface area contributed by atoms with Crippen molar-refractivity contribution in [2.45, 2.75) is 32.7 Å². The fourth-order valence-corrected chi connectivity index (χ4v) is 3.87. The van der Waals surface area contributed by atoms with Gasteiger partial charge in [-0.2, -0.15) is 0 Å². The van der Waals surface area contributed by atoms with Gasteiger partial charge in [0.05, 0.1) is 12.2 Å². The number of fused-ring (bicyclic) bond motifs is 2. The van der Waals surface area contributed by atoms with Crippen LogP contribution in [0.1, 0.15) is 26.7 Å². The Bertz CT molecular complexity index is 1100. The van der Waals surface area contributed by atoms with Crippen molar-refractivity contribution in [1.82, 2.24) is 10.2 Å². The maximum absolute atomic E-state index is 13.1. The topological polar surface area (TPSA) is 87.7 Å². The molecule has 2 heterocycles. The lowest BCUT2D eigenvalue weighted by Crippen LogP contribution is -2.50. The largest absolute Gasteiger partial charge is 0.462 e. The molecule has 0 aromatic heterocycles. The molecule has 2 aromatic rings. The zero-order valence-electron chi connectivity index (χ0n) is 16.9. The van der Waals surface area contributed by atoms with Gasteiger partial charge in [-0.25, -0.2) is 4.79 Å². The second-order valence-corrected chi connectivity index (χ2v) is 7.29. The lowest BCUT2D eigenvalue weighted by Gasteiger charge is -2.39. The molecule has 154 valence electrons. The summed E-state index contributed by atoms with van der Waals surface area (Å²) in [6.07, 6.45) is 2.47. The highest BCUT2D eigenvalue weighted by molar-refractivity contribution is 6.18. The average Bonchev–Trinajstić information content (AvgIpc) is 2.74. The Morgan fingerprint density at radius 1 is 1.20 bits per heavy atom. The molecule has 0 bridgehead atoms. The summed E-state index contributed by atoms with van der Waals surface area (Å²) >= 11 is 0. The summed E-state index contributed by atoms with van der Waals surface area (Å²) in [5.41, 5.74) is 1.12. The number of esters is 1. The van der Waals surface area contributed by atoms with Crippen LogP contribution in [0.2, 0.25) is 0 Å². The number of ether oxygens (including phenoxy) is 1. The molecule has 2 N–H and O–H groups in total. The number of rotatable bonds is 4. The van der Waals surface area contributed by atoms with Crippen LogP contribution in [0.25, 0.3) is 10.8 Å². The van der Waals surface area contributed by atoms with Crippen LogP contribution in [-0.2, 0) is 19.1 Å². The van der Waals surface area contributed by atoms with Crippen LogP contribution < -0.4 is 10.6 Å². The number of nitrogens with zero attached hydrogens (tertiary/aromatic N) is 1. The maximum Gasteiger partial charge on any atom is 0.345 e. The molecule has 4 rings (SSSR count). The highest BCUT2D eigenvalue weighted by Crippen LogP contribution is 2.31. The van der Waals surface area contributed by atoms with Crippen LogP contribution in [0.5, 0.6) is 0 Å². The number of amides is 2. The minimum atomic E-state index is -0.673. The molecule has 2 aromatic carbocycles. The first kappa shape index (κ1) is 19.7. The summed E-state index contributed by atoms with van der Waals surface area (Å²) < 4.78 is 4.97. The van der Waals surface area contributed by atoms with Crippen molar-refractivity contribution in [3.8, 4) is 0 Å². The van der Waals surface area contributed by atoms with E-state index < -0.39 is 11.9 Å². The van der Waals surface area contributed by atoms with Crippen molar-refractivity contribution in [2.75, 3.05) is 11.9 Å². The summed E-state index contributed by atoms with van der Waals surface area (Å²) in [4.78, 5) is 39.7. The molecule has 0 fully saturated rings. The van der Waals surface area contributed by atoms with Gasteiger partial charge < -0.3 is 15.4 Å². The minimum absolute atomic E-state index is 0.0665. The molecule has 7 nitrogen and oxygen atoms in total. The Morgan fingerprint density at radius 2 is 1.97 bits per heavy atom. The average molecular weight is 405 g/mol. The summed E-state index contributed by atoms with van der Waals surface area (Å²) in [5.74, 6) is -0.977. The highest BCUT2D eigenvalue weighted by Gasteiger charge is 2.39. The van der Waals surface area contributed by atoms with E-state index in [1.54, 1.807) is 6.92 Å². The second-order valence-electron chi connectivity index (χ2n) is 7.29. The summed E-state index contributed by atoms with van der Waals surface area (Å²) in [7, 11) is 0. The predicted octanol–water partition coefficient (Wildman–Crippen LogP) is 3.05. The number of carbonyl (C=O) groups is 3. The Kier molecular flexibility index (Phi) is 5.27. The van der Waals surface area contributed by atoms with Crippen LogP contribution in [0.15, 0.2) is 65.6 Å². The zero-order chi connectivity index (χ0) is 21.3. The lowest BCUT2D eigenvalue weighted by molar-refractivity contribution is -0.142. The Hall–Kier alpha value is -3.61. The summed E-state index contributed by atoms with van der Waals surface area (Å²) in [6.45, 7) is 3.76. The van der Waals surface area contributed by atoms with E-state index in [0.29, 0.717) is 29.9 Å². The van der Waals surface area contributed by atoms with E-state index >= 15 is 0 Å². The van der Waals surface area contributed by atoms with Crippen molar-refractivity contribution >= 4 is 34.2 Å². The molecule has 0 saturated heterocycles. The third-order valence-electron chi connectivity index (χ3n) is 5.39. The fraction of sp³-hybridized carbons (Fsp3) is 0.261. The smallest absolute Gasteiger partial charge is 0.345 e. The Morgan fingerprint density at radius 3 is 2.77 bits per heavy atom. The van der Waals surface area contributed by atoms with Gasteiger partial charge in [0.25, 0.3) is 11.8 Å². The first-order valence-corrected chi connectivity index (χ1v) is 10.0. The Labute approximate surface area is 174 Å². The minimum Gasteiger partial charge on any atom is -0.462 e. The lowest BCUT2D eigenvalue weighted by atomic mass is 9.96. The van der Waals surface area contributed by atoms with Crippen LogP contribution in [0.4, 0.5) is 5.69 Å². The standard InChI is InChI=1S/C23H23N3O4/c1-3-30-23(29)18-13-24-20-17(12-11-14(2)26(20)22(18)28)21(27)25-19-10-6-8-15-7-4-5-9-16(15)19/h4-10,13-14,24H,3,11-12H2,1-2H3,(H,25,27). The molecule has 0 aliphatic carbocycles. The summed E-state index contributed by atoms with van der Waals surface area (Å²) in [6, 6.07) is 13.4. The maximum atomic E-state index is 13.1. The van der Waals surface area contributed by atoms with Gasteiger partial charge in [-0.3, -0.25) is 14.5 Å². The van der Waals surface area contributed by atoms with Crippen molar-refractivity contribution in [1.29, 1.82) is 0 Å². The van der Waals surface area contributed by atoms with Gasteiger partial charge in [0, 0.05) is 23.3 Å². The van der Waals surface area contributed by atoms with Crippen molar-refractivity contribution in [3.63, 3.8) is 0 Å². The molecule has 7 heteroatoms. The molecule has 2 aliphatic rings. The molecule has 2 aliphatic heterocycles. The molecular formula is C23H23N3O4. The van der Waals surface area contributed by atoms with Crippen LogP contribution in [-0.4, -0.2) is 35.3 Å². The van der Waals surface area contributed by atoms with Gasteiger partial charge in [0.1, 0.15) is 11.4 Å². The fourth-order valence-electron chi connectivity index (χ4n) is 3.87. The normalized spacial score (nSPS) is 18.5. The number of hydrogen-bond donors (Lipinski definition) is 2. The van der Waals surface area contributed by atoms with Gasteiger partial charge in [0.2, 0.25) is 0 Å². The van der Waals surface area contributed by atoms with Crippen LogP contribution in [0, 0.1) is 0 Å². The van der Waals surface area contributed by atoms with E-state index in [9.17, 15) is 14.4 Å². The molecule has 1 atom stereocenters. The summed E-state index contributed by atoms with van der Waals surface area (Å²) in [5, 5.41) is 7.94. The molecule has 1 unspecified atom stereocenters. The van der Waals surface area contributed by atoms with E-state index in [1.165, 1.54) is 11.1 Å². The number of hydrogen-bond acceptors (Lipinski definition) is 5. The van der Waals surface area contributed by atoms with Gasteiger partial charge in [-0.05, 0) is 38.1 Å². The van der Waals surface area contributed by atoms with E-state index in [1.807, 2.05) is 49.4 Å². The molecule has 30 heavy (non-hydrogen) atoms. The van der Waals surface area contributed by atoms with E-state index in [4.69, 9.17) is 4.74 Å². The van der Waals surface area contributed by atoms with Crippen LogP contribution in [0.3, 0.4) is 0 Å². The molecule has 0 saturated carbocycles. The number of benzene rings is 2. The van der Waals surface area contributed by atoms with Crippen LogP contribution >= 0.6 is 0 Å².